The van der Waals surface area contributed by atoms with Gasteiger partial charge in [0.1, 0.15) is 18.0 Å². The van der Waals surface area contributed by atoms with Gasteiger partial charge in [-0.1, -0.05) is 0 Å². The largest absolute Gasteiger partial charge is 0.467 e. The molecule has 0 aliphatic heterocycles. The lowest BCUT2D eigenvalue weighted by atomic mass is 10.0. The van der Waals surface area contributed by atoms with Crippen molar-refractivity contribution in [3.8, 4) is 0 Å². The number of ether oxygens (including phenoxy) is 1. The second-order valence-electron chi connectivity index (χ2n) is 4.52. The molecule has 0 bridgehead atoms. The molecule has 1 rings (SSSR count). The highest BCUT2D eigenvalue weighted by atomic mass is 19.1. The Morgan fingerprint density at radius 2 is 2.05 bits per heavy atom. The molecule has 0 heterocycles. The lowest BCUT2D eigenvalue weighted by Gasteiger charge is -2.24. The maximum Gasteiger partial charge on any atom is 0.330 e. The number of hydrogen-bond donors (Lipinski definition) is 2. The summed E-state index contributed by atoms with van der Waals surface area (Å²) in [6.07, 6.45) is 0. The third-order valence-corrected chi connectivity index (χ3v) is 2.57. The first-order valence-electron chi connectivity index (χ1n) is 5.62. The van der Waals surface area contributed by atoms with E-state index in [0.29, 0.717) is 5.69 Å². The van der Waals surface area contributed by atoms with Crippen LogP contribution in [-0.4, -0.2) is 36.1 Å². The Morgan fingerprint density at radius 3 is 2.53 bits per heavy atom. The Hall–Kier alpha value is -1.95. The number of aliphatic hydroxyl groups is 1. The minimum atomic E-state index is -1.02. The maximum absolute atomic E-state index is 13.7. The van der Waals surface area contributed by atoms with Gasteiger partial charge in [0.2, 0.25) is 0 Å². The number of benzene rings is 1. The van der Waals surface area contributed by atoms with Crippen molar-refractivity contribution in [2.75, 3.05) is 19.0 Å². The summed E-state index contributed by atoms with van der Waals surface area (Å²) >= 11 is 0. The molecular formula is C13H16FNO4. The molecule has 0 aromatic heterocycles. The fourth-order valence-corrected chi connectivity index (χ4v) is 1.57. The summed E-state index contributed by atoms with van der Waals surface area (Å²) in [4.78, 5) is 22.7. The van der Waals surface area contributed by atoms with Crippen molar-refractivity contribution >= 4 is 17.4 Å². The van der Waals surface area contributed by atoms with E-state index in [4.69, 9.17) is 5.11 Å². The number of halogens is 1. The van der Waals surface area contributed by atoms with Crippen molar-refractivity contribution in [3.63, 3.8) is 0 Å². The van der Waals surface area contributed by atoms with Gasteiger partial charge in [-0.3, -0.25) is 4.79 Å². The zero-order valence-corrected chi connectivity index (χ0v) is 11.0. The number of carbonyl (C=O) groups excluding carboxylic acids is 2. The summed E-state index contributed by atoms with van der Waals surface area (Å²) in [6.45, 7) is 2.42. The van der Waals surface area contributed by atoms with E-state index in [1.165, 1.54) is 19.2 Å². The number of aliphatic hydroxyl groups excluding tert-OH is 1. The molecule has 0 fully saturated rings. The van der Waals surface area contributed by atoms with Gasteiger partial charge in [0.05, 0.1) is 12.7 Å². The number of rotatable bonds is 5. The SMILES string of the molecule is COC(=O)C(C)(C)Nc1ccc(C(=O)CO)c(F)c1. The molecule has 6 heteroatoms. The lowest BCUT2D eigenvalue weighted by Crippen LogP contribution is -2.41. The van der Waals surface area contributed by atoms with Gasteiger partial charge in [-0.2, -0.15) is 0 Å². The monoisotopic (exact) mass is 269 g/mol. The second-order valence-corrected chi connectivity index (χ2v) is 4.52. The number of nitrogens with one attached hydrogen (secondary N) is 1. The van der Waals surface area contributed by atoms with Crippen molar-refractivity contribution in [2.24, 2.45) is 0 Å². The molecule has 0 amide bonds. The highest BCUT2D eigenvalue weighted by Crippen LogP contribution is 2.20. The Labute approximate surface area is 110 Å². The standard InChI is InChI=1S/C13H16FNO4/c1-13(2,12(18)19-3)15-8-4-5-9(10(14)6-8)11(17)7-16/h4-6,15-16H,7H2,1-3H3. The lowest BCUT2D eigenvalue weighted by molar-refractivity contribution is -0.144. The molecule has 0 radical (unpaired) electrons. The van der Waals surface area contributed by atoms with Crippen LogP contribution in [0.5, 0.6) is 0 Å². The second kappa shape index (κ2) is 5.79. The fourth-order valence-electron chi connectivity index (χ4n) is 1.57. The topological polar surface area (TPSA) is 75.6 Å². The minimum Gasteiger partial charge on any atom is -0.467 e. The first kappa shape index (κ1) is 15.1. The van der Waals surface area contributed by atoms with E-state index in [0.717, 1.165) is 6.07 Å². The minimum absolute atomic E-state index is 0.191. The average molecular weight is 269 g/mol. The number of methoxy groups -OCH3 is 1. The zero-order valence-electron chi connectivity index (χ0n) is 11.0. The van der Waals surface area contributed by atoms with Gasteiger partial charge in [0.15, 0.2) is 5.78 Å². The van der Waals surface area contributed by atoms with Gasteiger partial charge in [-0.05, 0) is 32.0 Å². The van der Waals surface area contributed by atoms with Gasteiger partial charge in [0, 0.05) is 5.69 Å². The van der Waals surface area contributed by atoms with Gasteiger partial charge < -0.3 is 15.2 Å². The van der Waals surface area contributed by atoms with Gasteiger partial charge >= 0.3 is 5.97 Å². The number of esters is 1. The van der Waals surface area contributed by atoms with Crippen LogP contribution in [0.25, 0.3) is 0 Å². The smallest absolute Gasteiger partial charge is 0.330 e. The molecule has 19 heavy (non-hydrogen) atoms. The highest BCUT2D eigenvalue weighted by molar-refractivity contribution is 5.97. The summed E-state index contributed by atoms with van der Waals surface area (Å²) in [6, 6.07) is 3.80. The average Bonchev–Trinajstić information content (AvgIpc) is 2.36. The Balaban J connectivity index is 2.96. The summed E-state index contributed by atoms with van der Waals surface area (Å²) in [7, 11) is 1.26. The first-order valence-corrected chi connectivity index (χ1v) is 5.62. The molecule has 0 spiro atoms. The van der Waals surface area contributed by atoms with Crippen molar-refractivity contribution in [2.45, 2.75) is 19.4 Å². The van der Waals surface area contributed by atoms with E-state index in [1.807, 2.05) is 0 Å². The molecule has 1 aromatic carbocycles. The Kier molecular flexibility index (Phi) is 4.61. The van der Waals surface area contributed by atoms with Crippen LogP contribution in [0.2, 0.25) is 0 Å². The molecule has 0 aliphatic carbocycles. The molecule has 0 saturated heterocycles. The molecule has 0 saturated carbocycles. The molecule has 104 valence electrons. The summed E-state index contributed by atoms with van der Waals surface area (Å²) < 4.78 is 18.3. The van der Waals surface area contributed by atoms with E-state index in [1.54, 1.807) is 13.8 Å². The van der Waals surface area contributed by atoms with Crippen LogP contribution in [0.1, 0.15) is 24.2 Å². The molecule has 0 unspecified atom stereocenters. The van der Waals surface area contributed by atoms with Crippen LogP contribution in [0, 0.1) is 5.82 Å². The van der Waals surface area contributed by atoms with Gasteiger partial charge in [0.25, 0.3) is 0 Å². The number of hydrogen-bond acceptors (Lipinski definition) is 5. The zero-order chi connectivity index (χ0) is 14.6. The third-order valence-electron chi connectivity index (χ3n) is 2.57. The van der Waals surface area contributed by atoms with Crippen LogP contribution in [0.3, 0.4) is 0 Å². The van der Waals surface area contributed by atoms with Crippen LogP contribution in [-0.2, 0) is 9.53 Å². The Morgan fingerprint density at radius 1 is 1.42 bits per heavy atom. The fraction of sp³-hybridized carbons (Fsp3) is 0.385. The number of Topliss-reactive ketones (excluding diaryl/α,β-unsaturated/α-hetero) is 1. The van der Waals surface area contributed by atoms with Crippen LogP contribution < -0.4 is 5.32 Å². The van der Waals surface area contributed by atoms with Crippen molar-refractivity contribution in [1.82, 2.24) is 0 Å². The van der Waals surface area contributed by atoms with Crippen LogP contribution in [0.4, 0.5) is 10.1 Å². The van der Waals surface area contributed by atoms with E-state index in [9.17, 15) is 14.0 Å². The summed E-state index contributed by atoms with van der Waals surface area (Å²) in [5.41, 5.74) is -0.879. The quantitative estimate of drug-likeness (QED) is 0.623. The van der Waals surface area contributed by atoms with Crippen molar-refractivity contribution in [3.05, 3.63) is 29.6 Å². The predicted octanol–water partition coefficient (Wildman–Crippen LogP) is 1.36. The van der Waals surface area contributed by atoms with E-state index < -0.39 is 29.7 Å². The maximum atomic E-state index is 13.7. The molecule has 0 atom stereocenters. The van der Waals surface area contributed by atoms with Crippen molar-refractivity contribution < 1.29 is 23.8 Å². The molecule has 0 aliphatic rings. The molecular weight excluding hydrogens is 253 g/mol. The van der Waals surface area contributed by atoms with Crippen LogP contribution >= 0.6 is 0 Å². The van der Waals surface area contributed by atoms with E-state index in [2.05, 4.69) is 10.1 Å². The Bertz CT molecular complexity index is 499. The highest BCUT2D eigenvalue weighted by Gasteiger charge is 2.28. The molecule has 5 nitrogen and oxygen atoms in total. The predicted molar refractivity (Wildman–Crippen MR) is 67.5 cm³/mol. The molecule has 2 N–H and O–H groups in total. The number of anilines is 1. The van der Waals surface area contributed by atoms with Gasteiger partial charge in [-0.15, -0.1) is 0 Å². The van der Waals surface area contributed by atoms with E-state index >= 15 is 0 Å². The normalized spacial score (nSPS) is 11.0. The first-order chi connectivity index (χ1) is 8.81. The third kappa shape index (κ3) is 3.51. The van der Waals surface area contributed by atoms with Crippen LogP contribution in [0.15, 0.2) is 18.2 Å². The van der Waals surface area contributed by atoms with Crippen molar-refractivity contribution in [1.29, 1.82) is 0 Å². The molecule has 1 aromatic rings. The van der Waals surface area contributed by atoms with E-state index in [-0.39, 0.29) is 5.56 Å². The summed E-state index contributed by atoms with van der Waals surface area (Å²) in [5.74, 6) is -1.95. The number of carbonyl (C=O) groups is 2. The number of ketones is 1. The van der Waals surface area contributed by atoms with Gasteiger partial charge in [-0.25, -0.2) is 9.18 Å². The summed E-state index contributed by atoms with van der Waals surface area (Å²) in [5, 5.41) is 11.5.